The van der Waals surface area contributed by atoms with Gasteiger partial charge in [0, 0.05) is 16.9 Å². The van der Waals surface area contributed by atoms with Crippen LogP contribution in [-0.4, -0.2) is 48.8 Å². The maximum absolute atomic E-state index is 13.0. The van der Waals surface area contributed by atoms with Gasteiger partial charge in [0.05, 0.1) is 31.9 Å². The van der Waals surface area contributed by atoms with Crippen molar-refractivity contribution in [2.24, 2.45) is 0 Å². The average Bonchev–Trinajstić information content (AvgIpc) is 2.95. The van der Waals surface area contributed by atoms with Gasteiger partial charge in [-0.05, 0) is 45.4 Å². The monoisotopic (exact) mass is 354 g/mol. The minimum absolute atomic E-state index is 0.00627. The third kappa shape index (κ3) is 3.44. The molecule has 1 aliphatic heterocycles. The number of piperazine rings is 1. The summed E-state index contributed by atoms with van der Waals surface area (Å²) in [7, 11) is 0. The first-order chi connectivity index (χ1) is 12.4. The minimum Gasteiger partial charge on any atom is -0.360 e. The fourth-order valence-corrected chi connectivity index (χ4v) is 4.05. The van der Waals surface area contributed by atoms with Gasteiger partial charge in [0.15, 0.2) is 11.8 Å². The van der Waals surface area contributed by atoms with Crippen molar-refractivity contribution in [1.29, 1.82) is 0 Å². The van der Waals surface area contributed by atoms with Crippen LogP contribution in [0.4, 0.5) is 5.69 Å². The quantitative estimate of drug-likeness (QED) is 0.805. The summed E-state index contributed by atoms with van der Waals surface area (Å²) in [5, 5.41) is 0. The summed E-state index contributed by atoms with van der Waals surface area (Å²) in [6, 6.07) is 10.3. The summed E-state index contributed by atoms with van der Waals surface area (Å²) in [5.74, 6) is 0.105. The number of aromatic amines is 1. The van der Waals surface area contributed by atoms with Crippen molar-refractivity contribution in [3.05, 3.63) is 52.8 Å². The van der Waals surface area contributed by atoms with Crippen molar-refractivity contribution in [2.45, 2.75) is 33.7 Å². The Balaban J connectivity index is 1.69. The normalized spacial score (nSPS) is 16.5. The molecule has 138 valence electrons. The van der Waals surface area contributed by atoms with Gasteiger partial charge in [-0.2, -0.15) is 0 Å². The summed E-state index contributed by atoms with van der Waals surface area (Å²) < 4.78 is 0. The van der Waals surface area contributed by atoms with E-state index in [1.807, 2.05) is 26.8 Å². The van der Waals surface area contributed by atoms with E-state index in [-0.39, 0.29) is 17.6 Å². The Morgan fingerprint density at radius 2 is 1.73 bits per heavy atom. The highest BCUT2D eigenvalue weighted by Crippen LogP contribution is 2.19. The molecule has 1 aliphatic rings. The zero-order valence-electron chi connectivity index (χ0n) is 16.1. The number of hydrogen-bond donors (Lipinski definition) is 2. The third-order valence-corrected chi connectivity index (χ3v) is 5.57. The predicted octanol–water partition coefficient (Wildman–Crippen LogP) is 1.81. The molecule has 1 atom stereocenters. The van der Waals surface area contributed by atoms with E-state index in [4.69, 9.17) is 0 Å². The standard InChI is InChI=1S/C21H27N3O2/c1-14-19(17(4)25)15(2)22-20(14)21(26)16(3)23-10-12-24(13-11-23)18-8-6-5-7-9-18/h5-9,16,22H,10-13H2,1-4H3/p+1/t16-/m0/s1. The maximum Gasteiger partial charge on any atom is 0.235 e. The van der Waals surface area contributed by atoms with Crippen LogP contribution in [0.2, 0.25) is 0 Å². The van der Waals surface area contributed by atoms with Gasteiger partial charge < -0.3 is 14.8 Å². The Labute approximate surface area is 155 Å². The number of aromatic nitrogens is 1. The lowest BCUT2D eigenvalue weighted by atomic mass is 10.0. The molecule has 5 heteroatoms. The molecule has 1 fully saturated rings. The number of ketones is 2. The van der Waals surface area contributed by atoms with Crippen LogP contribution in [0.3, 0.4) is 0 Å². The molecular weight excluding hydrogens is 326 g/mol. The van der Waals surface area contributed by atoms with E-state index in [2.05, 4.69) is 34.1 Å². The maximum atomic E-state index is 13.0. The van der Waals surface area contributed by atoms with E-state index in [1.165, 1.54) is 10.6 Å². The van der Waals surface area contributed by atoms with Gasteiger partial charge >= 0.3 is 0 Å². The van der Waals surface area contributed by atoms with Crippen LogP contribution >= 0.6 is 0 Å². The molecule has 3 rings (SSSR count). The van der Waals surface area contributed by atoms with Crippen LogP contribution in [-0.2, 0) is 0 Å². The largest absolute Gasteiger partial charge is 0.360 e. The van der Waals surface area contributed by atoms with Gasteiger partial charge in [-0.15, -0.1) is 0 Å². The van der Waals surface area contributed by atoms with Gasteiger partial charge in [-0.1, -0.05) is 18.2 Å². The molecular formula is C21H28N3O2+. The first-order valence-corrected chi connectivity index (χ1v) is 9.29. The second-order valence-electron chi connectivity index (χ2n) is 7.25. The molecule has 0 spiro atoms. The van der Waals surface area contributed by atoms with Gasteiger partial charge in [-0.25, -0.2) is 0 Å². The van der Waals surface area contributed by atoms with Gasteiger partial charge in [0.1, 0.15) is 0 Å². The van der Waals surface area contributed by atoms with Crippen molar-refractivity contribution in [3.63, 3.8) is 0 Å². The smallest absolute Gasteiger partial charge is 0.235 e. The molecule has 0 amide bonds. The number of H-pyrrole nitrogens is 1. The van der Waals surface area contributed by atoms with Crippen LogP contribution < -0.4 is 9.80 Å². The molecule has 26 heavy (non-hydrogen) atoms. The van der Waals surface area contributed by atoms with Crippen LogP contribution in [0, 0.1) is 13.8 Å². The Morgan fingerprint density at radius 3 is 2.27 bits per heavy atom. The predicted molar refractivity (Wildman–Crippen MR) is 103 cm³/mol. The molecule has 1 saturated heterocycles. The van der Waals surface area contributed by atoms with Crippen LogP contribution in [0.5, 0.6) is 0 Å². The number of rotatable bonds is 5. The zero-order valence-corrected chi connectivity index (χ0v) is 16.1. The van der Waals surface area contributed by atoms with Crippen molar-refractivity contribution >= 4 is 17.3 Å². The molecule has 2 heterocycles. The summed E-state index contributed by atoms with van der Waals surface area (Å²) in [5.41, 5.74) is 4.07. The molecule has 1 aromatic heterocycles. The van der Waals surface area contributed by atoms with Gasteiger partial charge in [-0.3, -0.25) is 9.59 Å². The van der Waals surface area contributed by atoms with Gasteiger partial charge in [0.2, 0.25) is 5.78 Å². The van der Waals surface area contributed by atoms with Crippen LogP contribution in [0.15, 0.2) is 30.3 Å². The van der Waals surface area contributed by atoms with E-state index < -0.39 is 0 Å². The van der Waals surface area contributed by atoms with E-state index in [0.29, 0.717) is 11.3 Å². The summed E-state index contributed by atoms with van der Waals surface area (Å²) in [4.78, 5) is 31.7. The van der Waals surface area contributed by atoms with E-state index in [0.717, 1.165) is 37.4 Å². The van der Waals surface area contributed by atoms with Crippen LogP contribution in [0.25, 0.3) is 0 Å². The lowest BCUT2D eigenvalue weighted by Crippen LogP contribution is -3.18. The first kappa shape index (κ1) is 18.4. The number of carbonyl (C=O) groups is 2. The van der Waals surface area contributed by atoms with Crippen molar-refractivity contribution in [2.75, 3.05) is 31.1 Å². The Kier molecular flexibility index (Phi) is 5.28. The highest BCUT2D eigenvalue weighted by Gasteiger charge is 2.32. The van der Waals surface area contributed by atoms with Crippen molar-refractivity contribution in [1.82, 2.24) is 4.98 Å². The summed E-state index contributed by atoms with van der Waals surface area (Å²) in [6.07, 6.45) is 0. The number of aryl methyl sites for hydroxylation is 1. The third-order valence-electron chi connectivity index (χ3n) is 5.57. The number of quaternary nitrogens is 1. The summed E-state index contributed by atoms with van der Waals surface area (Å²) >= 11 is 0. The number of nitrogens with zero attached hydrogens (tertiary/aromatic N) is 1. The second-order valence-corrected chi connectivity index (χ2v) is 7.25. The Morgan fingerprint density at radius 1 is 1.12 bits per heavy atom. The lowest BCUT2D eigenvalue weighted by Gasteiger charge is -2.36. The van der Waals surface area contributed by atoms with E-state index in [9.17, 15) is 9.59 Å². The Hall–Kier alpha value is -2.40. The first-order valence-electron chi connectivity index (χ1n) is 9.29. The SMILES string of the molecule is CC(=O)c1c(C)[nH]c(C(=O)[C@H](C)[NH+]2CCN(c3ccccc3)CC2)c1C. The molecule has 0 bridgehead atoms. The highest BCUT2D eigenvalue weighted by molar-refractivity contribution is 6.04. The number of para-hydroxylation sites is 1. The van der Waals surface area contributed by atoms with E-state index in [1.54, 1.807) is 6.92 Å². The topological polar surface area (TPSA) is 57.6 Å². The minimum atomic E-state index is -0.121. The highest BCUT2D eigenvalue weighted by atomic mass is 16.1. The number of hydrogen-bond acceptors (Lipinski definition) is 3. The lowest BCUT2D eigenvalue weighted by molar-refractivity contribution is -0.914. The van der Waals surface area contributed by atoms with Gasteiger partial charge in [0.25, 0.3) is 0 Å². The molecule has 0 saturated carbocycles. The van der Waals surface area contributed by atoms with Crippen molar-refractivity contribution in [3.8, 4) is 0 Å². The molecule has 2 aromatic rings. The number of Topliss-reactive ketones (excluding diaryl/α,β-unsaturated/α-hetero) is 2. The number of benzene rings is 1. The molecule has 0 aliphatic carbocycles. The second kappa shape index (κ2) is 7.46. The molecule has 2 N–H and O–H groups in total. The summed E-state index contributed by atoms with van der Waals surface area (Å²) in [6.45, 7) is 11.0. The average molecular weight is 354 g/mol. The molecule has 1 aromatic carbocycles. The fourth-order valence-electron chi connectivity index (χ4n) is 4.05. The number of anilines is 1. The number of carbonyl (C=O) groups excluding carboxylic acids is 2. The van der Waals surface area contributed by atoms with Crippen LogP contribution in [0.1, 0.15) is 46.0 Å². The molecule has 5 nitrogen and oxygen atoms in total. The molecule has 0 radical (unpaired) electrons. The fraction of sp³-hybridized carbons (Fsp3) is 0.429. The van der Waals surface area contributed by atoms with E-state index >= 15 is 0 Å². The zero-order chi connectivity index (χ0) is 18.8. The van der Waals surface area contributed by atoms with Crippen molar-refractivity contribution < 1.29 is 14.5 Å². The molecule has 0 unspecified atom stereocenters. The number of nitrogens with one attached hydrogen (secondary N) is 2. The Bertz CT molecular complexity index is 802.